The first-order valence-corrected chi connectivity index (χ1v) is 7.09. The number of rotatable bonds is 5. The molecule has 2 rings (SSSR count). The zero-order valence-corrected chi connectivity index (χ0v) is 11.5. The third-order valence-corrected chi connectivity index (χ3v) is 5.92. The number of unbranched alkanes of at least 4 members (excludes halogenated alkanes) is 3. The minimum atomic E-state index is 0.350. The molecule has 0 heterocycles. The number of hydrogen-bond donors (Lipinski definition) is 0. The lowest BCUT2D eigenvalue weighted by Crippen LogP contribution is -1.91. The molecule has 0 aromatic carbocycles. The van der Waals surface area contributed by atoms with E-state index in [4.69, 9.17) is 0 Å². The van der Waals surface area contributed by atoms with Crippen molar-refractivity contribution in [3.63, 3.8) is 0 Å². The topological polar surface area (TPSA) is 0 Å². The molecule has 0 saturated heterocycles. The second-order valence-electron chi connectivity index (χ2n) is 4.79. The van der Waals surface area contributed by atoms with E-state index in [-0.39, 0.29) is 0 Å². The van der Waals surface area contributed by atoms with Crippen LogP contribution < -0.4 is 0 Å². The lowest BCUT2D eigenvalue weighted by atomic mass is 10.1. The third kappa shape index (κ3) is 1.86. The molecule has 2 unspecified atom stereocenters. The van der Waals surface area contributed by atoms with Crippen LogP contribution in [0, 0.1) is 11.3 Å². The van der Waals surface area contributed by atoms with E-state index in [1.165, 1.54) is 44.9 Å². The lowest BCUT2D eigenvalue weighted by molar-refractivity contribution is 0.564. The highest BCUT2D eigenvalue weighted by Crippen LogP contribution is 2.83. The number of halogens is 2. The maximum Gasteiger partial charge on any atom is 0.0871 e. The van der Waals surface area contributed by atoms with Gasteiger partial charge in [-0.15, -0.1) is 0 Å². The normalized spacial score (nSPS) is 39.5. The van der Waals surface area contributed by atoms with Gasteiger partial charge >= 0.3 is 0 Å². The van der Waals surface area contributed by atoms with E-state index < -0.39 is 0 Å². The maximum absolute atomic E-state index is 3.75. The largest absolute Gasteiger partial charge is 0.0871 e. The Labute approximate surface area is 98.1 Å². The minimum Gasteiger partial charge on any atom is -0.0721 e. The Morgan fingerprint density at radius 1 is 1.23 bits per heavy atom. The third-order valence-electron chi connectivity index (χ3n) is 3.78. The van der Waals surface area contributed by atoms with E-state index in [1.807, 2.05) is 0 Å². The van der Waals surface area contributed by atoms with Gasteiger partial charge in [0, 0.05) is 5.41 Å². The van der Waals surface area contributed by atoms with E-state index in [0.717, 1.165) is 5.92 Å². The standard InChI is InChI=1S/C11H18Br2/c1-2-3-4-5-6-9-7-10(9)8-11(10,12)13/h9H,2-8H2,1H3. The van der Waals surface area contributed by atoms with Gasteiger partial charge in [-0.3, -0.25) is 0 Å². The summed E-state index contributed by atoms with van der Waals surface area (Å²) >= 11 is 7.50. The Morgan fingerprint density at radius 3 is 2.38 bits per heavy atom. The molecule has 76 valence electrons. The zero-order valence-electron chi connectivity index (χ0n) is 8.28. The summed E-state index contributed by atoms with van der Waals surface area (Å²) in [5.41, 5.74) is 0.694. The van der Waals surface area contributed by atoms with Gasteiger partial charge in [-0.05, 0) is 25.2 Å². The highest BCUT2D eigenvalue weighted by Gasteiger charge is 2.77. The summed E-state index contributed by atoms with van der Waals surface area (Å²) in [7, 11) is 0. The molecule has 0 bridgehead atoms. The van der Waals surface area contributed by atoms with Gasteiger partial charge in [-0.25, -0.2) is 0 Å². The minimum absolute atomic E-state index is 0.350. The zero-order chi connectivity index (χ0) is 9.53. The average molecular weight is 310 g/mol. The molecule has 2 aliphatic carbocycles. The summed E-state index contributed by atoms with van der Waals surface area (Å²) in [6, 6.07) is 0. The monoisotopic (exact) mass is 308 g/mol. The molecule has 1 spiro atoms. The molecule has 2 fully saturated rings. The van der Waals surface area contributed by atoms with Crippen molar-refractivity contribution in [2.75, 3.05) is 0 Å². The molecular formula is C11H18Br2. The Kier molecular flexibility index (Phi) is 2.83. The van der Waals surface area contributed by atoms with Crippen LogP contribution in [0.5, 0.6) is 0 Å². The molecule has 2 aliphatic rings. The SMILES string of the molecule is CCCCCCC1CC12CC2(Br)Br. The van der Waals surface area contributed by atoms with E-state index in [1.54, 1.807) is 0 Å². The molecule has 0 nitrogen and oxygen atoms in total. The number of alkyl halides is 2. The molecule has 2 atom stereocenters. The van der Waals surface area contributed by atoms with Gasteiger partial charge in [0.25, 0.3) is 0 Å². The predicted octanol–water partition coefficient (Wildman–Crippen LogP) is 4.85. The quantitative estimate of drug-likeness (QED) is 0.503. The molecule has 2 saturated carbocycles. The van der Waals surface area contributed by atoms with Crippen molar-refractivity contribution in [1.82, 2.24) is 0 Å². The molecule has 0 aromatic heterocycles. The van der Waals surface area contributed by atoms with E-state index in [9.17, 15) is 0 Å². The highest BCUT2D eigenvalue weighted by molar-refractivity contribution is 9.25. The first kappa shape index (κ1) is 10.5. The van der Waals surface area contributed by atoms with E-state index in [0.29, 0.717) is 8.65 Å². The van der Waals surface area contributed by atoms with Crippen LogP contribution in [0.1, 0.15) is 51.9 Å². The Hall–Kier alpha value is 0.960. The molecule has 0 N–H and O–H groups in total. The molecule has 0 radical (unpaired) electrons. The van der Waals surface area contributed by atoms with Crippen molar-refractivity contribution in [3.8, 4) is 0 Å². The van der Waals surface area contributed by atoms with Crippen molar-refractivity contribution >= 4 is 31.9 Å². The second kappa shape index (κ2) is 3.52. The van der Waals surface area contributed by atoms with Crippen molar-refractivity contribution in [1.29, 1.82) is 0 Å². The highest BCUT2D eigenvalue weighted by atomic mass is 79.9. The van der Waals surface area contributed by atoms with Gasteiger partial charge in [0.05, 0.1) is 3.23 Å². The molecule has 2 heteroatoms. The lowest BCUT2D eigenvalue weighted by Gasteiger charge is -1.99. The van der Waals surface area contributed by atoms with Crippen LogP contribution in [0.2, 0.25) is 0 Å². The van der Waals surface area contributed by atoms with Crippen LogP contribution in [0.3, 0.4) is 0 Å². The summed E-state index contributed by atoms with van der Waals surface area (Å²) in [6.45, 7) is 2.28. The Bertz CT molecular complexity index is 200. The van der Waals surface area contributed by atoms with Gasteiger partial charge in [0.2, 0.25) is 0 Å². The summed E-state index contributed by atoms with van der Waals surface area (Å²) in [6.07, 6.45) is 9.98. The van der Waals surface area contributed by atoms with Crippen LogP contribution in [-0.4, -0.2) is 3.23 Å². The molecule has 0 aliphatic heterocycles. The summed E-state index contributed by atoms with van der Waals surface area (Å²) in [5.74, 6) is 1.03. The van der Waals surface area contributed by atoms with Gasteiger partial charge < -0.3 is 0 Å². The van der Waals surface area contributed by atoms with Gasteiger partial charge in [0.15, 0.2) is 0 Å². The maximum atomic E-state index is 3.75. The fourth-order valence-corrected chi connectivity index (χ4v) is 4.56. The first-order chi connectivity index (χ1) is 6.12. The van der Waals surface area contributed by atoms with Crippen LogP contribution in [0.4, 0.5) is 0 Å². The smallest absolute Gasteiger partial charge is 0.0721 e. The summed E-state index contributed by atoms with van der Waals surface area (Å²) in [4.78, 5) is 0. The molecule has 0 aromatic rings. The van der Waals surface area contributed by atoms with Crippen molar-refractivity contribution in [3.05, 3.63) is 0 Å². The van der Waals surface area contributed by atoms with Crippen LogP contribution in [-0.2, 0) is 0 Å². The van der Waals surface area contributed by atoms with Crippen LogP contribution >= 0.6 is 31.9 Å². The fraction of sp³-hybridized carbons (Fsp3) is 1.00. The predicted molar refractivity (Wildman–Crippen MR) is 64.5 cm³/mol. The number of hydrogen-bond acceptors (Lipinski definition) is 0. The Balaban J connectivity index is 1.60. The molecular weight excluding hydrogens is 292 g/mol. The van der Waals surface area contributed by atoms with Crippen molar-refractivity contribution < 1.29 is 0 Å². The Morgan fingerprint density at radius 2 is 1.92 bits per heavy atom. The fourth-order valence-electron chi connectivity index (χ4n) is 2.59. The van der Waals surface area contributed by atoms with Gasteiger partial charge in [-0.1, -0.05) is 64.5 Å². The van der Waals surface area contributed by atoms with E-state index in [2.05, 4.69) is 38.8 Å². The molecule has 13 heavy (non-hydrogen) atoms. The molecule has 0 amide bonds. The van der Waals surface area contributed by atoms with Crippen molar-refractivity contribution in [2.24, 2.45) is 11.3 Å². The van der Waals surface area contributed by atoms with Gasteiger partial charge in [0.1, 0.15) is 0 Å². The summed E-state index contributed by atoms with van der Waals surface area (Å²) < 4.78 is 0.350. The van der Waals surface area contributed by atoms with Crippen molar-refractivity contribution in [2.45, 2.75) is 55.1 Å². The second-order valence-corrected chi connectivity index (χ2v) is 8.56. The van der Waals surface area contributed by atoms with E-state index >= 15 is 0 Å². The van der Waals surface area contributed by atoms with Crippen LogP contribution in [0.15, 0.2) is 0 Å². The van der Waals surface area contributed by atoms with Gasteiger partial charge in [-0.2, -0.15) is 0 Å². The average Bonchev–Trinajstić information content (AvgIpc) is 2.86. The first-order valence-electron chi connectivity index (χ1n) is 5.50. The summed E-state index contributed by atoms with van der Waals surface area (Å²) in [5, 5.41) is 0. The van der Waals surface area contributed by atoms with Crippen LogP contribution in [0.25, 0.3) is 0 Å².